The number of rotatable bonds is 6. The molecule has 1 saturated heterocycles. The number of carbonyl (C=O) groups is 2. The highest BCUT2D eigenvalue weighted by Crippen LogP contribution is 2.38. The van der Waals surface area contributed by atoms with E-state index in [2.05, 4.69) is 10.2 Å². The van der Waals surface area contributed by atoms with E-state index in [1.165, 1.54) is 54.8 Å². The van der Waals surface area contributed by atoms with Crippen molar-refractivity contribution < 1.29 is 18.0 Å². The van der Waals surface area contributed by atoms with Gasteiger partial charge in [-0.2, -0.15) is 0 Å². The van der Waals surface area contributed by atoms with Gasteiger partial charge >= 0.3 is 0 Å². The highest BCUT2D eigenvalue weighted by atomic mass is 32.2. The molecule has 5 rings (SSSR count). The molecule has 0 spiro atoms. The van der Waals surface area contributed by atoms with Gasteiger partial charge in [0, 0.05) is 18.7 Å². The second-order valence-electron chi connectivity index (χ2n) is 10.1. The fourth-order valence-corrected chi connectivity index (χ4v) is 6.92. The summed E-state index contributed by atoms with van der Waals surface area (Å²) in [5.41, 5.74) is 2.57. The van der Waals surface area contributed by atoms with Gasteiger partial charge in [-0.1, -0.05) is 54.8 Å². The third-order valence-electron chi connectivity index (χ3n) is 7.29. The molecule has 0 atom stereocenters. The van der Waals surface area contributed by atoms with Gasteiger partial charge in [0.1, 0.15) is 0 Å². The van der Waals surface area contributed by atoms with Crippen molar-refractivity contribution in [3.8, 4) is 0 Å². The Kier molecular flexibility index (Phi) is 7.63. The molecule has 3 aromatic carbocycles. The second-order valence-corrected chi connectivity index (χ2v) is 12.0. The lowest BCUT2D eigenvalue weighted by atomic mass is 10.1. The molecule has 0 radical (unpaired) electrons. The Morgan fingerprint density at radius 1 is 0.895 bits per heavy atom. The fourth-order valence-electron chi connectivity index (χ4n) is 5.29. The normalized spacial score (nSPS) is 17.2. The summed E-state index contributed by atoms with van der Waals surface area (Å²) in [6.07, 6.45) is 4.87. The predicted octanol–water partition coefficient (Wildman–Crippen LogP) is 4.59. The van der Waals surface area contributed by atoms with Crippen molar-refractivity contribution in [1.82, 2.24) is 10.2 Å². The average Bonchev–Trinajstić information content (AvgIpc) is 3.22. The summed E-state index contributed by atoms with van der Waals surface area (Å²) in [7, 11) is -3.98. The summed E-state index contributed by atoms with van der Waals surface area (Å²) in [6, 6.07) is 18.6. The molecule has 0 aliphatic carbocycles. The zero-order chi connectivity index (χ0) is 26.7. The average molecular weight is 532 g/mol. The third kappa shape index (κ3) is 5.37. The van der Waals surface area contributed by atoms with Crippen LogP contribution in [0.2, 0.25) is 0 Å². The summed E-state index contributed by atoms with van der Waals surface area (Å²) >= 11 is 0. The van der Waals surface area contributed by atoms with Gasteiger partial charge in [-0.15, -0.1) is 0 Å². The number of amides is 2. The number of sulfone groups is 1. The van der Waals surface area contributed by atoms with E-state index in [1.54, 1.807) is 18.2 Å². The molecule has 0 aromatic heterocycles. The van der Waals surface area contributed by atoms with Gasteiger partial charge in [-0.3, -0.25) is 9.59 Å². The summed E-state index contributed by atoms with van der Waals surface area (Å²) < 4.78 is 27.4. The topological polar surface area (TPSA) is 86.8 Å². The minimum Gasteiger partial charge on any atom is -0.351 e. The third-order valence-corrected chi connectivity index (χ3v) is 9.15. The Labute approximate surface area is 224 Å². The fraction of sp³-hybridized carbons (Fsp3) is 0.333. The van der Waals surface area contributed by atoms with Crippen molar-refractivity contribution in [2.75, 3.05) is 31.1 Å². The zero-order valence-electron chi connectivity index (χ0n) is 21.7. The van der Waals surface area contributed by atoms with Crippen molar-refractivity contribution in [3.05, 3.63) is 89.0 Å². The predicted molar refractivity (Wildman–Crippen MR) is 147 cm³/mol. The Bertz CT molecular complexity index is 1460. The van der Waals surface area contributed by atoms with Crippen LogP contribution in [0.1, 0.15) is 57.5 Å². The monoisotopic (exact) mass is 531 g/mol. The summed E-state index contributed by atoms with van der Waals surface area (Å²) in [6.45, 7) is 5.52. The van der Waals surface area contributed by atoms with Crippen molar-refractivity contribution in [2.24, 2.45) is 0 Å². The van der Waals surface area contributed by atoms with Crippen molar-refractivity contribution >= 4 is 27.3 Å². The Morgan fingerprint density at radius 3 is 2.42 bits per heavy atom. The molecule has 2 amide bonds. The lowest BCUT2D eigenvalue weighted by Gasteiger charge is -2.24. The van der Waals surface area contributed by atoms with Crippen LogP contribution in [0.5, 0.6) is 0 Å². The van der Waals surface area contributed by atoms with Crippen LogP contribution in [0.15, 0.2) is 76.5 Å². The van der Waals surface area contributed by atoms with Crippen molar-refractivity contribution in [2.45, 2.75) is 48.9 Å². The van der Waals surface area contributed by atoms with E-state index in [9.17, 15) is 18.0 Å². The van der Waals surface area contributed by atoms with E-state index < -0.39 is 15.7 Å². The van der Waals surface area contributed by atoms with Gasteiger partial charge in [0.25, 0.3) is 11.8 Å². The van der Waals surface area contributed by atoms with Gasteiger partial charge in [0.05, 0.1) is 27.6 Å². The minimum atomic E-state index is -3.98. The van der Waals surface area contributed by atoms with Crippen molar-refractivity contribution in [1.29, 1.82) is 0 Å². The quantitative estimate of drug-likeness (QED) is 0.503. The van der Waals surface area contributed by atoms with E-state index in [0.29, 0.717) is 12.1 Å². The molecule has 38 heavy (non-hydrogen) atoms. The number of nitrogens with one attached hydrogen (secondary N) is 1. The van der Waals surface area contributed by atoms with Crippen molar-refractivity contribution in [3.63, 3.8) is 0 Å². The number of likely N-dealkylation sites (tertiary alicyclic amines) is 1. The molecule has 2 aliphatic rings. The molecule has 0 unspecified atom stereocenters. The van der Waals surface area contributed by atoms with Crippen LogP contribution in [-0.4, -0.2) is 51.3 Å². The smallest absolute Gasteiger partial charge is 0.259 e. The van der Waals surface area contributed by atoms with Crippen LogP contribution < -0.4 is 10.2 Å². The Morgan fingerprint density at radius 2 is 1.66 bits per heavy atom. The highest BCUT2D eigenvalue weighted by Gasteiger charge is 2.36. The van der Waals surface area contributed by atoms with Crippen LogP contribution in [0, 0.1) is 6.92 Å². The summed E-state index contributed by atoms with van der Waals surface area (Å²) in [5.74, 6) is -0.701. The lowest BCUT2D eigenvalue weighted by Crippen LogP contribution is -2.35. The first-order valence-corrected chi connectivity index (χ1v) is 14.7. The number of carbonyl (C=O) groups excluding carboxylic acids is 2. The highest BCUT2D eigenvalue weighted by molar-refractivity contribution is 7.91. The van der Waals surface area contributed by atoms with Crippen LogP contribution in [0.4, 0.5) is 5.69 Å². The zero-order valence-corrected chi connectivity index (χ0v) is 22.5. The molecule has 2 aliphatic heterocycles. The SMILES string of the molecule is Cc1cccc(CN2C(=O)c3ccccc3S(=O)(=O)c3ccc(C(=O)NCCN4CCCCCC4)cc32)c1. The molecule has 7 nitrogen and oxygen atoms in total. The van der Waals surface area contributed by atoms with Crippen LogP contribution >= 0.6 is 0 Å². The number of benzene rings is 3. The molecule has 3 aromatic rings. The van der Waals surface area contributed by atoms with Gasteiger partial charge in [-0.05, 0) is 68.8 Å². The van der Waals surface area contributed by atoms with Crippen LogP contribution in [0.3, 0.4) is 0 Å². The largest absolute Gasteiger partial charge is 0.351 e. The maximum absolute atomic E-state index is 13.8. The van der Waals surface area contributed by atoms with E-state index in [-0.39, 0.29) is 33.5 Å². The molecule has 0 saturated carbocycles. The Balaban J connectivity index is 1.48. The Hall–Kier alpha value is -3.49. The lowest BCUT2D eigenvalue weighted by molar-refractivity contribution is 0.0945. The number of hydrogen-bond acceptors (Lipinski definition) is 5. The van der Waals surface area contributed by atoms with Gasteiger partial charge in [0.2, 0.25) is 9.84 Å². The molecular weight excluding hydrogens is 498 g/mol. The summed E-state index contributed by atoms with van der Waals surface area (Å²) in [5, 5.41) is 2.98. The van der Waals surface area contributed by atoms with E-state index in [1.807, 2.05) is 31.2 Å². The van der Waals surface area contributed by atoms with Gasteiger partial charge in [-0.25, -0.2) is 8.42 Å². The van der Waals surface area contributed by atoms with E-state index >= 15 is 0 Å². The molecule has 0 bridgehead atoms. The standard InChI is InChI=1S/C30H33N3O4S/c1-22-9-8-10-23(19-22)21-33-26-20-24(29(34)31-15-18-32-16-6-2-3-7-17-32)13-14-28(26)38(36,37)27-12-5-4-11-25(27)30(33)35/h4-5,8-14,19-20H,2-3,6-7,15-18,21H2,1H3,(H,31,34). The molecular formula is C30H33N3O4S. The first kappa shape index (κ1) is 26.1. The number of hydrogen-bond donors (Lipinski definition) is 1. The molecule has 1 fully saturated rings. The molecule has 8 heteroatoms. The number of fused-ring (bicyclic) bond motifs is 2. The van der Waals surface area contributed by atoms with Crippen LogP contribution in [0.25, 0.3) is 0 Å². The molecule has 2 heterocycles. The van der Waals surface area contributed by atoms with Gasteiger partial charge < -0.3 is 15.1 Å². The maximum Gasteiger partial charge on any atom is 0.259 e. The first-order valence-electron chi connectivity index (χ1n) is 13.2. The summed E-state index contributed by atoms with van der Waals surface area (Å²) in [4.78, 5) is 30.7. The van der Waals surface area contributed by atoms with E-state index in [0.717, 1.165) is 30.8 Å². The second kappa shape index (κ2) is 11.1. The molecule has 1 N–H and O–H groups in total. The van der Waals surface area contributed by atoms with Crippen LogP contribution in [-0.2, 0) is 16.4 Å². The maximum atomic E-state index is 13.8. The first-order chi connectivity index (χ1) is 18.3. The molecule has 198 valence electrons. The van der Waals surface area contributed by atoms with Gasteiger partial charge in [0.15, 0.2) is 0 Å². The minimum absolute atomic E-state index is 0.0181. The number of nitrogens with zero attached hydrogens (tertiary/aromatic N) is 2. The number of anilines is 1. The van der Waals surface area contributed by atoms with E-state index in [4.69, 9.17) is 0 Å². The number of aryl methyl sites for hydroxylation is 1.